The molecule has 9 nitrogen and oxygen atoms in total. The molecule has 0 saturated carbocycles. The predicted octanol–water partition coefficient (Wildman–Crippen LogP) is 2.12. The Kier molecular flexibility index (Phi) is 28.4. The molecule has 0 atom stereocenters. The molecule has 10 heteroatoms. The van der Waals surface area contributed by atoms with E-state index < -0.39 is 0 Å². The van der Waals surface area contributed by atoms with Gasteiger partial charge >= 0.3 is 26.2 Å². The quantitative estimate of drug-likeness (QED) is 0.231. The molecule has 0 heterocycles. The molecule has 0 aromatic rings. The summed E-state index contributed by atoms with van der Waals surface area (Å²) in [7, 11) is 0. The van der Waals surface area contributed by atoms with Crippen LogP contribution in [0.2, 0.25) is 0 Å². The molecule has 0 bridgehead atoms. The van der Waals surface area contributed by atoms with Crippen LogP contribution in [0.15, 0.2) is 0 Å². The minimum Gasteiger partial charge on any atom is -0.343 e. The third-order valence-corrected chi connectivity index (χ3v) is 4.55. The van der Waals surface area contributed by atoms with Crippen molar-refractivity contribution in [3.8, 4) is 0 Å². The fraction of sp³-hybridized carbons (Fsp3) is 0.750. The Bertz CT molecular complexity index is 543. The summed E-state index contributed by atoms with van der Waals surface area (Å²) < 4.78 is 0. The standard InChI is InChI=1S/3C8H15NO2.Bi/c3*1-4-9(5-2)8(11)6-7(3)10;/h3*4-6H2,1-3H3;/q;;;+3. The molecule has 0 spiro atoms. The van der Waals surface area contributed by atoms with Crippen molar-refractivity contribution in [2.45, 2.75) is 81.6 Å². The van der Waals surface area contributed by atoms with E-state index in [2.05, 4.69) is 0 Å². The maximum absolute atomic E-state index is 11.1. The van der Waals surface area contributed by atoms with Crippen molar-refractivity contribution in [1.29, 1.82) is 0 Å². The van der Waals surface area contributed by atoms with E-state index in [1.54, 1.807) is 14.7 Å². The molecule has 34 heavy (non-hydrogen) atoms. The van der Waals surface area contributed by atoms with Crippen molar-refractivity contribution in [1.82, 2.24) is 14.7 Å². The summed E-state index contributed by atoms with van der Waals surface area (Å²) >= 11 is 0. The molecule has 2 radical (unpaired) electrons. The van der Waals surface area contributed by atoms with Crippen LogP contribution in [0.1, 0.15) is 81.6 Å². The van der Waals surface area contributed by atoms with Gasteiger partial charge in [-0.2, -0.15) is 0 Å². The maximum Gasteiger partial charge on any atom is 3.00 e. The summed E-state index contributed by atoms with van der Waals surface area (Å²) in [6, 6.07) is 0. The molecule has 0 aliphatic carbocycles. The Morgan fingerprint density at radius 1 is 0.412 bits per heavy atom. The zero-order chi connectivity index (χ0) is 26.6. The number of hydrogen-bond donors (Lipinski definition) is 0. The van der Waals surface area contributed by atoms with Crippen LogP contribution in [0.4, 0.5) is 0 Å². The fourth-order valence-electron chi connectivity index (χ4n) is 2.70. The van der Waals surface area contributed by atoms with Gasteiger partial charge in [-0.3, -0.25) is 28.8 Å². The Balaban J connectivity index is -0.000000196. The third kappa shape index (κ3) is 22.1. The van der Waals surface area contributed by atoms with Crippen LogP contribution in [0.3, 0.4) is 0 Å². The SMILES string of the molecule is CCN(CC)C(=O)CC(C)=O.CCN(CC)C(=O)CC(C)=O.CCN(CC)C(=O)CC(C)=O.[Bi+3]. The number of nitrogens with zero attached hydrogens (tertiary/aromatic N) is 3. The first-order valence-electron chi connectivity index (χ1n) is 11.7. The number of rotatable bonds is 12. The molecule has 0 aromatic carbocycles. The molecule has 0 aromatic heterocycles. The smallest absolute Gasteiger partial charge is 0.343 e. The Hall–Kier alpha value is -1.70. The molecule has 0 N–H and O–H groups in total. The van der Waals surface area contributed by atoms with Gasteiger partial charge in [0.15, 0.2) is 0 Å². The number of carbonyl (C=O) groups excluding carboxylic acids is 6. The predicted molar refractivity (Wildman–Crippen MR) is 135 cm³/mol. The monoisotopic (exact) mass is 680 g/mol. The first-order valence-corrected chi connectivity index (χ1v) is 11.7. The van der Waals surface area contributed by atoms with Gasteiger partial charge in [-0.1, -0.05) is 0 Å². The van der Waals surface area contributed by atoms with Crippen LogP contribution >= 0.6 is 0 Å². The summed E-state index contributed by atoms with van der Waals surface area (Å²) in [6.45, 7) is 19.8. The molecule has 0 fully saturated rings. The van der Waals surface area contributed by atoms with E-state index in [1.165, 1.54) is 20.8 Å². The average Bonchev–Trinajstić information content (AvgIpc) is 2.70. The zero-order valence-corrected chi connectivity index (χ0v) is 26.1. The Morgan fingerprint density at radius 3 is 0.647 bits per heavy atom. The van der Waals surface area contributed by atoms with Gasteiger partial charge in [0, 0.05) is 39.3 Å². The van der Waals surface area contributed by atoms with Crippen LogP contribution in [0.5, 0.6) is 0 Å². The first kappa shape index (κ1) is 39.5. The largest absolute Gasteiger partial charge is 3.00 e. The maximum atomic E-state index is 11.1. The van der Waals surface area contributed by atoms with E-state index in [1.807, 2.05) is 41.5 Å². The fourth-order valence-corrected chi connectivity index (χ4v) is 2.70. The summed E-state index contributed by atoms with van der Waals surface area (Å²) in [6.07, 6.45) is 0.130. The van der Waals surface area contributed by atoms with Crippen LogP contribution in [-0.2, 0) is 28.8 Å². The Labute approximate surface area is 225 Å². The van der Waals surface area contributed by atoms with Gasteiger partial charge in [-0.25, -0.2) is 0 Å². The molecular weight excluding hydrogens is 635 g/mol. The minimum atomic E-state index is -0.0677. The van der Waals surface area contributed by atoms with Crippen molar-refractivity contribution < 1.29 is 28.8 Å². The summed E-state index contributed by atoms with van der Waals surface area (Å²) in [5.74, 6) is -0.404. The normalized spacial score (nSPS) is 9.09. The second-order valence-electron chi connectivity index (χ2n) is 7.33. The molecule has 0 saturated heterocycles. The second-order valence-corrected chi connectivity index (χ2v) is 7.33. The van der Waals surface area contributed by atoms with Gasteiger partial charge in [-0.05, 0) is 62.3 Å². The second kappa shape index (κ2) is 24.4. The van der Waals surface area contributed by atoms with Gasteiger partial charge in [0.05, 0.1) is 19.3 Å². The van der Waals surface area contributed by atoms with Crippen LogP contribution in [0, 0.1) is 0 Å². The number of carbonyl (C=O) groups is 6. The summed E-state index contributed by atoms with van der Waals surface area (Å²) in [5, 5.41) is 0. The molecular formula is C24H45BiN3O6+3. The molecule has 3 amide bonds. The summed E-state index contributed by atoms with van der Waals surface area (Å²) in [4.78, 5) is 70.0. The van der Waals surface area contributed by atoms with Crippen molar-refractivity contribution in [3.63, 3.8) is 0 Å². The van der Waals surface area contributed by atoms with E-state index in [0.29, 0.717) is 39.3 Å². The molecule has 0 rings (SSSR count). The van der Waals surface area contributed by atoms with E-state index in [4.69, 9.17) is 0 Å². The Morgan fingerprint density at radius 2 is 0.559 bits per heavy atom. The summed E-state index contributed by atoms with van der Waals surface area (Å²) in [5.41, 5.74) is 0. The van der Waals surface area contributed by atoms with E-state index in [0.717, 1.165) is 0 Å². The third-order valence-electron chi connectivity index (χ3n) is 4.55. The van der Waals surface area contributed by atoms with Crippen molar-refractivity contribution in [2.24, 2.45) is 0 Å². The topological polar surface area (TPSA) is 112 Å². The molecule has 0 unspecified atom stereocenters. The van der Waals surface area contributed by atoms with Crippen LogP contribution in [-0.4, -0.2) is 115 Å². The van der Waals surface area contributed by atoms with Crippen LogP contribution in [0.25, 0.3) is 0 Å². The van der Waals surface area contributed by atoms with Crippen LogP contribution < -0.4 is 0 Å². The van der Waals surface area contributed by atoms with E-state index >= 15 is 0 Å². The van der Waals surface area contributed by atoms with Gasteiger partial charge in [0.25, 0.3) is 0 Å². The van der Waals surface area contributed by atoms with Crippen molar-refractivity contribution >= 4 is 61.3 Å². The number of amides is 3. The van der Waals surface area contributed by atoms with Crippen molar-refractivity contribution in [2.75, 3.05) is 39.3 Å². The minimum absolute atomic E-state index is 0. The number of hydrogen-bond acceptors (Lipinski definition) is 6. The van der Waals surface area contributed by atoms with Crippen molar-refractivity contribution in [3.05, 3.63) is 0 Å². The van der Waals surface area contributed by atoms with Gasteiger partial charge in [-0.15, -0.1) is 0 Å². The van der Waals surface area contributed by atoms with Gasteiger partial charge in [0.1, 0.15) is 17.3 Å². The molecule has 194 valence electrons. The van der Waals surface area contributed by atoms with E-state index in [-0.39, 0.29) is 80.5 Å². The van der Waals surface area contributed by atoms with E-state index in [9.17, 15) is 28.8 Å². The molecule has 0 aliphatic heterocycles. The first-order chi connectivity index (χ1) is 15.3. The number of ketones is 3. The van der Waals surface area contributed by atoms with Gasteiger partial charge < -0.3 is 14.7 Å². The molecule has 0 aliphatic rings. The van der Waals surface area contributed by atoms with Gasteiger partial charge in [0.2, 0.25) is 17.7 Å². The number of Topliss-reactive ketones (excluding diaryl/α,β-unsaturated/α-hetero) is 3. The zero-order valence-electron chi connectivity index (χ0n) is 22.6. The average molecular weight is 681 g/mol.